The quantitative estimate of drug-likeness (QED) is 0.601. The molecular weight excluding hydrogens is 426 g/mol. The van der Waals surface area contributed by atoms with Gasteiger partial charge in [-0.15, -0.1) is 0 Å². The molecule has 6 nitrogen and oxygen atoms in total. The van der Waals surface area contributed by atoms with Crippen LogP contribution in [0.2, 0.25) is 5.02 Å². The van der Waals surface area contributed by atoms with Crippen LogP contribution >= 0.6 is 11.6 Å². The summed E-state index contributed by atoms with van der Waals surface area (Å²) in [5, 5.41) is 12.8. The second kappa shape index (κ2) is 10.9. The summed E-state index contributed by atoms with van der Waals surface area (Å²) in [5.74, 6) is -1.14. The molecule has 7 heteroatoms. The number of hydrogen-bond acceptors (Lipinski definition) is 4. The number of para-hydroxylation sites is 1. The van der Waals surface area contributed by atoms with Crippen LogP contribution in [0.1, 0.15) is 67.4 Å². The number of ketones is 1. The Hall–Kier alpha value is -3.17. The van der Waals surface area contributed by atoms with Gasteiger partial charge >= 0.3 is 0 Å². The minimum atomic E-state index is -1.05. The highest BCUT2D eigenvalue weighted by Crippen LogP contribution is 2.33. The van der Waals surface area contributed by atoms with Crippen LogP contribution in [0.4, 0.5) is 5.69 Å². The summed E-state index contributed by atoms with van der Waals surface area (Å²) in [6.07, 6.45) is 4.57. The average Bonchev–Trinajstić information content (AvgIpc) is 2.79. The zero-order chi connectivity index (χ0) is 23.1. The monoisotopic (exact) mass is 451 g/mol. The molecule has 1 fully saturated rings. The zero-order valence-corrected chi connectivity index (χ0v) is 18.8. The van der Waals surface area contributed by atoms with E-state index >= 15 is 0 Å². The minimum Gasteiger partial charge on any atom is -0.351 e. The maximum Gasteiger partial charge on any atom is 0.248 e. The van der Waals surface area contributed by atoms with Crippen molar-refractivity contribution in [2.75, 3.05) is 4.90 Å². The number of nitriles is 1. The van der Waals surface area contributed by atoms with E-state index in [9.17, 15) is 19.6 Å². The van der Waals surface area contributed by atoms with Crippen LogP contribution in [0.25, 0.3) is 0 Å². The standard InChI is InChI=1S/C25H26ClN3O3/c1-17(30)21-9-5-6-10-22(21)29(23(31)15-16-27)24(18-11-13-19(26)14-12-18)25(32)28-20-7-3-2-4-8-20/h5-6,9-14,20,24H,2-4,7-8,15H2,1H3,(H,28,32). The van der Waals surface area contributed by atoms with E-state index in [1.165, 1.54) is 11.8 Å². The molecule has 32 heavy (non-hydrogen) atoms. The van der Waals surface area contributed by atoms with Crippen molar-refractivity contribution in [1.82, 2.24) is 5.32 Å². The molecular formula is C25H26ClN3O3. The van der Waals surface area contributed by atoms with Gasteiger partial charge in [-0.2, -0.15) is 5.26 Å². The number of nitrogens with zero attached hydrogens (tertiary/aromatic N) is 2. The summed E-state index contributed by atoms with van der Waals surface area (Å²) in [4.78, 5) is 40.4. The van der Waals surface area contributed by atoms with Gasteiger partial charge in [0.05, 0.1) is 11.8 Å². The van der Waals surface area contributed by atoms with Crippen molar-refractivity contribution >= 4 is 34.9 Å². The van der Waals surface area contributed by atoms with Crippen LogP contribution in [0.15, 0.2) is 48.5 Å². The van der Waals surface area contributed by atoms with Crippen molar-refractivity contribution in [3.8, 4) is 6.07 Å². The lowest BCUT2D eigenvalue weighted by Crippen LogP contribution is -2.47. The Labute approximate surface area is 193 Å². The maximum absolute atomic E-state index is 13.6. The topological polar surface area (TPSA) is 90.3 Å². The van der Waals surface area contributed by atoms with Gasteiger partial charge in [0.2, 0.25) is 11.8 Å². The van der Waals surface area contributed by atoms with Gasteiger partial charge in [0.15, 0.2) is 5.78 Å². The molecule has 1 unspecified atom stereocenters. The zero-order valence-electron chi connectivity index (χ0n) is 18.0. The van der Waals surface area contributed by atoms with E-state index in [1.54, 1.807) is 48.5 Å². The molecule has 3 rings (SSSR count). The normalized spacial score (nSPS) is 14.8. The molecule has 1 atom stereocenters. The van der Waals surface area contributed by atoms with E-state index in [0.29, 0.717) is 21.8 Å². The number of carbonyl (C=O) groups is 3. The molecule has 0 spiro atoms. The number of hydrogen-bond donors (Lipinski definition) is 1. The first kappa shape index (κ1) is 23.5. The van der Waals surface area contributed by atoms with Crippen molar-refractivity contribution < 1.29 is 14.4 Å². The first-order valence-electron chi connectivity index (χ1n) is 10.8. The van der Waals surface area contributed by atoms with Crippen molar-refractivity contribution in [3.05, 3.63) is 64.7 Å². The third kappa shape index (κ3) is 5.54. The fourth-order valence-electron chi connectivity index (χ4n) is 4.14. The Balaban J connectivity index is 2.11. The number of carbonyl (C=O) groups excluding carboxylic acids is 3. The SMILES string of the molecule is CC(=O)c1ccccc1N(C(=O)CC#N)C(C(=O)NC1CCCCC1)c1ccc(Cl)cc1. The lowest BCUT2D eigenvalue weighted by molar-refractivity contribution is -0.127. The smallest absolute Gasteiger partial charge is 0.248 e. The minimum absolute atomic E-state index is 0.0296. The fraction of sp³-hybridized carbons (Fsp3) is 0.360. The third-order valence-corrected chi connectivity index (χ3v) is 5.94. The largest absolute Gasteiger partial charge is 0.351 e. The van der Waals surface area contributed by atoms with Crippen molar-refractivity contribution in [3.63, 3.8) is 0 Å². The predicted molar refractivity (Wildman–Crippen MR) is 123 cm³/mol. The molecule has 1 aliphatic carbocycles. The summed E-state index contributed by atoms with van der Waals surface area (Å²) in [5.41, 5.74) is 1.16. The molecule has 0 bridgehead atoms. The van der Waals surface area contributed by atoms with Crippen LogP contribution < -0.4 is 10.2 Å². The number of rotatable bonds is 7. The summed E-state index contributed by atoms with van der Waals surface area (Å²) in [6.45, 7) is 1.41. The lowest BCUT2D eigenvalue weighted by Gasteiger charge is -2.34. The van der Waals surface area contributed by atoms with E-state index in [4.69, 9.17) is 11.6 Å². The molecule has 2 aromatic carbocycles. The summed E-state index contributed by atoms with van der Waals surface area (Å²) < 4.78 is 0. The van der Waals surface area contributed by atoms with Gasteiger partial charge in [-0.1, -0.05) is 55.1 Å². The predicted octanol–water partition coefficient (Wildman–Crippen LogP) is 4.98. The van der Waals surface area contributed by atoms with Gasteiger partial charge in [0.1, 0.15) is 12.5 Å². The van der Waals surface area contributed by atoms with E-state index in [-0.39, 0.29) is 17.7 Å². The van der Waals surface area contributed by atoms with Gasteiger partial charge in [0, 0.05) is 16.6 Å². The second-order valence-corrected chi connectivity index (χ2v) is 8.41. The Morgan fingerprint density at radius 1 is 1.09 bits per heavy atom. The van der Waals surface area contributed by atoms with Gasteiger partial charge in [-0.25, -0.2) is 0 Å². The van der Waals surface area contributed by atoms with Gasteiger partial charge in [-0.05, 0) is 49.6 Å². The number of Topliss-reactive ketones (excluding diaryl/α,β-unsaturated/α-hetero) is 1. The number of anilines is 1. The summed E-state index contributed by atoms with van der Waals surface area (Å²) >= 11 is 6.06. The number of nitrogens with one attached hydrogen (secondary N) is 1. The highest BCUT2D eigenvalue weighted by atomic mass is 35.5. The molecule has 2 aromatic rings. The summed E-state index contributed by atoms with van der Waals surface area (Å²) in [7, 11) is 0. The first-order chi connectivity index (χ1) is 15.4. The van der Waals surface area contributed by atoms with Gasteiger partial charge in [-0.3, -0.25) is 19.3 Å². The molecule has 166 valence electrons. The number of amides is 2. The average molecular weight is 452 g/mol. The van der Waals surface area contributed by atoms with E-state index in [0.717, 1.165) is 32.1 Å². The van der Waals surface area contributed by atoms with Crippen LogP contribution in [0.3, 0.4) is 0 Å². The lowest BCUT2D eigenvalue weighted by atomic mass is 9.94. The van der Waals surface area contributed by atoms with E-state index < -0.39 is 18.4 Å². The van der Waals surface area contributed by atoms with E-state index in [1.807, 2.05) is 6.07 Å². The molecule has 1 aliphatic rings. The third-order valence-electron chi connectivity index (χ3n) is 5.69. The number of halogens is 1. The van der Waals surface area contributed by atoms with Crippen LogP contribution in [-0.4, -0.2) is 23.6 Å². The maximum atomic E-state index is 13.6. The molecule has 1 N–H and O–H groups in total. The Morgan fingerprint density at radius 3 is 2.38 bits per heavy atom. The van der Waals surface area contributed by atoms with Gasteiger partial charge < -0.3 is 5.32 Å². The Morgan fingerprint density at radius 2 is 1.75 bits per heavy atom. The van der Waals surface area contributed by atoms with Crippen molar-refractivity contribution in [2.24, 2.45) is 0 Å². The van der Waals surface area contributed by atoms with Crippen LogP contribution in [0.5, 0.6) is 0 Å². The molecule has 0 heterocycles. The molecule has 0 saturated heterocycles. The van der Waals surface area contributed by atoms with Crippen LogP contribution in [-0.2, 0) is 9.59 Å². The molecule has 0 radical (unpaired) electrons. The van der Waals surface area contributed by atoms with Gasteiger partial charge in [0.25, 0.3) is 0 Å². The molecule has 0 aliphatic heterocycles. The Kier molecular flexibility index (Phi) is 8.02. The van der Waals surface area contributed by atoms with E-state index in [2.05, 4.69) is 5.32 Å². The molecule has 0 aromatic heterocycles. The highest BCUT2D eigenvalue weighted by molar-refractivity contribution is 6.30. The van der Waals surface area contributed by atoms with Crippen LogP contribution in [0, 0.1) is 11.3 Å². The van der Waals surface area contributed by atoms with Crippen molar-refractivity contribution in [1.29, 1.82) is 5.26 Å². The number of benzene rings is 2. The second-order valence-electron chi connectivity index (χ2n) is 7.97. The fourth-order valence-corrected chi connectivity index (χ4v) is 4.27. The molecule has 2 amide bonds. The molecule has 1 saturated carbocycles. The summed E-state index contributed by atoms with van der Waals surface area (Å²) in [6, 6.07) is 14.2. The highest BCUT2D eigenvalue weighted by Gasteiger charge is 2.35. The van der Waals surface area contributed by atoms with Crippen molar-refractivity contribution in [2.45, 2.75) is 57.5 Å². The Bertz CT molecular complexity index is 1020. The first-order valence-corrected chi connectivity index (χ1v) is 11.1.